The third-order valence-corrected chi connectivity index (χ3v) is 4.30. The normalized spacial score (nSPS) is 14.3. The lowest BCUT2D eigenvalue weighted by atomic mass is 10.1. The zero-order valence-electron chi connectivity index (χ0n) is 14.4. The maximum Gasteiger partial charge on any atom is 0.260 e. The van der Waals surface area contributed by atoms with Gasteiger partial charge in [-0.3, -0.25) is 4.79 Å². The van der Waals surface area contributed by atoms with Gasteiger partial charge >= 0.3 is 0 Å². The molecule has 0 radical (unpaired) electrons. The smallest absolute Gasteiger partial charge is 0.260 e. The van der Waals surface area contributed by atoms with Crippen molar-refractivity contribution in [3.8, 4) is 5.75 Å². The van der Waals surface area contributed by atoms with Gasteiger partial charge in [0.15, 0.2) is 6.61 Å². The lowest BCUT2D eigenvalue weighted by molar-refractivity contribution is -0.139. The quantitative estimate of drug-likeness (QED) is 0.647. The van der Waals surface area contributed by atoms with Gasteiger partial charge in [0, 0.05) is 13.1 Å². The Hall–Kier alpha value is -3.23. The molecule has 1 aliphatic rings. The lowest BCUT2D eigenvalue weighted by Crippen LogP contribution is -2.52. The van der Waals surface area contributed by atoms with Crippen molar-refractivity contribution in [1.29, 1.82) is 0 Å². The summed E-state index contributed by atoms with van der Waals surface area (Å²) >= 11 is 0. The van der Waals surface area contributed by atoms with Crippen LogP contribution >= 0.6 is 0 Å². The van der Waals surface area contributed by atoms with Crippen LogP contribution < -0.4 is 4.74 Å². The average Bonchev–Trinajstić information content (AvgIpc) is 3.26. The second-order valence-corrected chi connectivity index (χ2v) is 6.30. The Labute approximate surface area is 150 Å². The van der Waals surface area contributed by atoms with Crippen molar-refractivity contribution in [3.05, 3.63) is 54.1 Å². The highest BCUT2D eigenvalue weighted by Crippen LogP contribution is 2.21. The van der Waals surface area contributed by atoms with Gasteiger partial charge in [0.1, 0.15) is 18.0 Å². The van der Waals surface area contributed by atoms with Crippen LogP contribution in [-0.2, 0) is 11.3 Å². The van der Waals surface area contributed by atoms with Crippen LogP contribution in [0.2, 0.25) is 0 Å². The molecular formula is C17H19N7O2. The Morgan fingerprint density at radius 2 is 1.92 bits per heavy atom. The van der Waals surface area contributed by atoms with Crippen LogP contribution in [0.25, 0.3) is 0 Å². The van der Waals surface area contributed by atoms with Crippen molar-refractivity contribution in [2.45, 2.75) is 19.5 Å². The fourth-order valence-electron chi connectivity index (χ4n) is 2.73. The van der Waals surface area contributed by atoms with E-state index in [1.54, 1.807) is 26.8 Å². The Balaban J connectivity index is 1.25. The van der Waals surface area contributed by atoms with Crippen LogP contribution in [0.1, 0.15) is 17.3 Å². The number of hydrogen-bond donors (Lipinski definition) is 0. The van der Waals surface area contributed by atoms with Crippen molar-refractivity contribution in [2.75, 3.05) is 19.7 Å². The van der Waals surface area contributed by atoms with Crippen LogP contribution in [0.3, 0.4) is 0 Å². The van der Waals surface area contributed by atoms with Gasteiger partial charge in [0.05, 0.1) is 24.6 Å². The van der Waals surface area contributed by atoms with Gasteiger partial charge in [0.2, 0.25) is 0 Å². The highest BCUT2D eigenvalue weighted by Gasteiger charge is 2.32. The number of ether oxygens (including phenoxy) is 1. The van der Waals surface area contributed by atoms with Crippen LogP contribution in [-0.4, -0.2) is 60.5 Å². The molecule has 4 rings (SSSR count). The van der Waals surface area contributed by atoms with E-state index in [0.29, 0.717) is 25.4 Å². The summed E-state index contributed by atoms with van der Waals surface area (Å²) in [6.45, 7) is 3.75. The molecule has 0 spiro atoms. The fraction of sp³-hybridized carbons (Fsp3) is 0.353. The van der Waals surface area contributed by atoms with E-state index in [9.17, 15) is 4.79 Å². The maximum atomic E-state index is 12.2. The zero-order valence-corrected chi connectivity index (χ0v) is 14.4. The number of likely N-dealkylation sites (tertiary alicyclic amines) is 1. The molecule has 1 saturated heterocycles. The van der Waals surface area contributed by atoms with E-state index in [2.05, 4.69) is 20.5 Å². The van der Waals surface area contributed by atoms with Crippen LogP contribution in [0.4, 0.5) is 0 Å². The minimum absolute atomic E-state index is 0.0251. The summed E-state index contributed by atoms with van der Waals surface area (Å²) in [7, 11) is 0. The average molecular weight is 353 g/mol. The highest BCUT2D eigenvalue weighted by molar-refractivity contribution is 5.78. The molecule has 0 N–H and O–H groups in total. The van der Waals surface area contributed by atoms with E-state index in [-0.39, 0.29) is 18.6 Å². The molecule has 9 nitrogen and oxygen atoms in total. The third-order valence-electron chi connectivity index (χ3n) is 4.30. The van der Waals surface area contributed by atoms with Crippen molar-refractivity contribution in [2.24, 2.45) is 0 Å². The summed E-state index contributed by atoms with van der Waals surface area (Å²) in [5, 5.41) is 16.4. The highest BCUT2D eigenvalue weighted by atomic mass is 16.5. The van der Waals surface area contributed by atoms with Gasteiger partial charge in [-0.2, -0.15) is 15.0 Å². The van der Waals surface area contributed by atoms with Crippen molar-refractivity contribution in [1.82, 2.24) is 34.9 Å². The first-order valence-electron chi connectivity index (χ1n) is 8.39. The molecule has 0 bridgehead atoms. The van der Waals surface area contributed by atoms with E-state index < -0.39 is 0 Å². The molecule has 0 unspecified atom stereocenters. The van der Waals surface area contributed by atoms with Gasteiger partial charge in [0.25, 0.3) is 5.91 Å². The van der Waals surface area contributed by atoms with Crippen molar-refractivity contribution < 1.29 is 9.53 Å². The molecule has 2 aromatic heterocycles. The summed E-state index contributed by atoms with van der Waals surface area (Å²) in [6, 6.07) is 7.80. The van der Waals surface area contributed by atoms with Gasteiger partial charge in [-0.1, -0.05) is 22.9 Å². The first-order chi connectivity index (χ1) is 12.7. The van der Waals surface area contributed by atoms with Crippen molar-refractivity contribution in [3.63, 3.8) is 0 Å². The second-order valence-electron chi connectivity index (χ2n) is 6.30. The van der Waals surface area contributed by atoms with Crippen LogP contribution in [0, 0.1) is 6.92 Å². The number of hydrogen-bond acceptors (Lipinski definition) is 6. The molecule has 1 fully saturated rings. The Morgan fingerprint density at radius 3 is 2.65 bits per heavy atom. The molecule has 1 amide bonds. The number of aromatic nitrogens is 6. The van der Waals surface area contributed by atoms with Gasteiger partial charge in [-0.25, -0.2) is 4.68 Å². The SMILES string of the molecule is Cc1ccc(OCC(=O)N2CC(n3cc(Cn4nccn4)nn3)C2)cc1. The van der Waals surface area contributed by atoms with E-state index in [1.165, 1.54) is 0 Å². The molecule has 1 aromatic carbocycles. The summed E-state index contributed by atoms with van der Waals surface area (Å²) < 4.78 is 7.34. The number of amides is 1. The largest absolute Gasteiger partial charge is 0.484 e. The summed E-state index contributed by atoms with van der Waals surface area (Å²) in [6.07, 6.45) is 5.12. The lowest BCUT2D eigenvalue weighted by Gasteiger charge is -2.38. The van der Waals surface area contributed by atoms with E-state index in [4.69, 9.17) is 4.74 Å². The number of aryl methyl sites for hydroxylation is 1. The molecule has 0 atom stereocenters. The predicted molar refractivity (Wildman–Crippen MR) is 91.4 cm³/mol. The predicted octanol–water partition coefficient (Wildman–Crippen LogP) is 0.689. The molecule has 134 valence electrons. The second kappa shape index (κ2) is 6.95. The van der Waals surface area contributed by atoms with E-state index >= 15 is 0 Å². The minimum Gasteiger partial charge on any atom is -0.484 e. The number of carbonyl (C=O) groups excluding carboxylic acids is 1. The fourth-order valence-corrected chi connectivity index (χ4v) is 2.73. The Bertz CT molecular complexity index is 867. The number of nitrogens with zero attached hydrogens (tertiary/aromatic N) is 7. The summed E-state index contributed by atoms with van der Waals surface area (Å²) in [5.74, 6) is 0.678. The van der Waals surface area contributed by atoms with Gasteiger partial charge < -0.3 is 9.64 Å². The standard InChI is InChI=1S/C17H19N7O2/c1-13-2-4-16(5-3-13)26-12-17(25)22-10-15(11-22)23-8-14(20-21-23)9-24-18-6-7-19-24/h2-8,15H,9-12H2,1H3. The maximum absolute atomic E-state index is 12.2. The number of rotatable bonds is 6. The molecule has 3 aromatic rings. The molecule has 26 heavy (non-hydrogen) atoms. The number of carbonyl (C=O) groups is 1. The Kier molecular flexibility index (Phi) is 4.34. The van der Waals surface area contributed by atoms with E-state index in [1.807, 2.05) is 37.4 Å². The summed E-state index contributed by atoms with van der Waals surface area (Å²) in [4.78, 5) is 15.5. The third kappa shape index (κ3) is 3.56. The molecule has 0 aliphatic carbocycles. The van der Waals surface area contributed by atoms with Gasteiger partial charge in [-0.05, 0) is 19.1 Å². The first-order valence-corrected chi connectivity index (χ1v) is 8.39. The summed E-state index contributed by atoms with van der Waals surface area (Å²) in [5.41, 5.74) is 1.94. The van der Waals surface area contributed by atoms with Gasteiger partial charge in [-0.15, -0.1) is 5.10 Å². The molecule has 9 heteroatoms. The zero-order chi connectivity index (χ0) is 17.9. The molecule has 1 aliphatic heterocycles. The molecule has 3 heterocycles. The molecular weight excluding hydrogens is 334 g/mol. The number of benzene rings is 1. The van der Waals surface area contributed by atoms with E-state index in [0.717, 1.165) is 11.3 Å². The van der Waals surface area contributed by atoms with Crippen LogP contribution in [0.5, 0.6) is 5.75 Å². The first kappa shape index (κ1) is 16.2. The Morgan fingerprint density at radius 1 is 1.19 bits per heavy atom. The monoisotopic (exact) mass is 353 g/mol. The molecule has 0 saturated carbocycles. The topological polar surface area (TPSA) is 91.0 Å². The van der Waals surface area contributed by atoms with Crippen molar-refractivity contribution >= 4 is 5.91 Å². The minimum atomic E-state index is -0.0251. The van der Waals surface area contributed by atoms with Crippen LogP contribution in [0.15, 0.2) is 42.9 Å².